The molecular weight excluding hydrogens is 402 g/mol. The molecule has 0 saturated carbocycles. The van der Waals surface area contributed by atoms with E-state index in [4.69, 9.17) is 0 Å². The van der Waals surface area contributed by atoms with Crippen molar-refractivity contribution in [2.45, 2.75) is 30.7 Å². The lowest BCUT2D eigenvalue weighted by Gasteiger charge is -2.61. The molecule has 1 N–H and O–H groups in total. The van der Waals surface area contributed by atoms with Gasteiger partial charge in [0.1, 0.15) is 0 Å². The average molecular weight is 430 g/mol. The Hall–Kier alpha value is -2.87. The molecule has 1 aromatic carbocycles. The van der Waals surface area contributed by atoms with Crippen LogP contribution < -0.4 is 0 Å². The molecule has 7 nitrogen and oxygen atoms in total. The molecule has 3 fully saturated rings. The fraction of sp³-hybridized carbons (Fsp3) is 0.400. The van der Waals surface area contributed by atoms with E-state index in [2.05, 4.69) is 31.9 Å². The summed E-state index contributed by atoms with van der Waals surface area (Å²) in [5.74, 6) is 0.0377. The number of nitrogens with zero attached hydrogens (tertiary/aromatic N) is 5. The van der Waals surface area contributed by atoms with Crippen molar-refractivity contribution in [1.29, 1.82) is 0 Å². The van der Waals surface area contributed by atoms with Crippen LogP contribution in [-0.4, -0.2) is 86.1 Å². The summed E-state index contributed by atoms with van der Waals surface area (Å²) >= 11 is 0. The Bertz CT molecular complexity index is 1150. The molecule has 3 aliphatic heterocycles. The fourth-order valence-corrected chi connectivity index (χ4v) is 5.88. The van der Waals surface area contributed by atoms with Crippen LogP contribution in [0.2, 0.25) is 0 Å². The molecule has 5 heterocycles. The summed E-state index contributed by atoms with van der Waals surface area (Å²) < 4.78 is 0. The molecule has 3 aliphatic rings. The van der Waals surface area contributed by atoms with Crippen LogP contribution in [0.5, 0.6) is 0 Å². The van der Waals surface area contributed by atoms with Crippen molar-refractivity contribution < 1.29 is 9.90 Å². The normalized spacial score (nSPS) is 25.1. The quantitative estimate of drug-likeness (QED) is 0.684. The summed E-state index contributed by atoms with van der Waals surface area (Å²) in [4.78, 5) is 28.8. The summed E-state index contributed by atoms with van der Waals surface area (Å²) in [6, 6.07) is 14.3. The lowest BCUT2D eigenvalue weighted by Crippen LogP contribution is -2.78. The van der Waals surface area contributed by atoms with Gasteiger partial charge < -0.3 is 10.0 Å². The molecule has 1 amide bonds. The first-order chi connectivity index (χ1) is 15.6. The van der Waals surface area contributed by atoms with E-state index in [-0.39, 0.29) is 23.6 Å². The number of benzene rings is 1. The first-order valence-electron chi connectivity index (χ1n) is 11.3. The molecule has 3 saturated heterocycles. The summed E-state index contributed by atoms with van der Waals surface area (Å²) in [6.07, 6.45) is 5.71. The van der Waals surface area contributed by atoms with Crippen LogP contribution in [0.15, 0.2) is 61.1 Å². The Labute approximate surface area is 187 Å². The van der Waals surface area contributed by atoms with Crippen molar-refractivity contribution in [3.8, 4) is 0 Å². The maximum atomic E-state index is 13.2. The molecule has 0 aliphatic carbocycles. The second kappa shape index (κ2) is 7.62. The smallest absolute Gasteiger partial charge is 0.255 e. The van der Waals surface area contributed by atoms with Crippen molar-refractivity contribution in [3.63, 3.8) is 0 Å². The highest BCUT2D eigenvalue weighted by molar-refractivity contribution is 5.94. The lowest BCUT2D eigenvalue weighted by atomic mass is 9.83. The van der Waals surface area contributed by atoms with E-state index in [1.807, 2.05) is 35.4 Å². The zero-order valence-electron chi connectivity index (χ0n) is 18.0. The summed E-state index contributed by atoms with van der Waals surface area (Å²) in [6.45, 7) is 4.68. The highest BCUT2D eigenvalue weighted by atomic mass is 16.3. The SMILES string of the molecule is O=C(c1cccnc1)N1CC2CC(O)CN2C2(CN(Cc3cnc4ccccc4c3)C2)C1. The molecule has 32 heavy (non-hydrogen) atoms. The number of piperazine rings is 1. The molecule has 3 aromatic rings. The zero-order valence-corrected chi connectivity index (χ0v) is 18.0. The van der Waals surface area contributed by atoms with Gasteiger partial charge in [0.15, 0.2) is 0 Å². The van der Waals surface area contributed by atoms with Crippen LogP contribution in [0, 0.1) is 0 Å². The predicted octanol–water partition coefficient (Wildman–Crippen LogP) is 1.78. The highest BCUT2D eigenvalue weighted by Gasteiger charge is 2.56. The number of carbonyl (C=O) groups is 1. The van der Waals surface area contributed by atoms with Crippen LogP contribution in [0.25, 0.3) is 10.9 Å². The minimum atomic E-state index is -0.316. The number of pyridine rings is 2. The second-order valence-electron chi connectivity index (χ2n) is 9.53. The van der Waals surface area contributed by atoms with Gasteiger partial charge >= 0.3 is 0 Å². The minimum absolute atomic E-state index is 0.0377. The molecular formula is C25H27N5O2. The number of aromatic nitrogens is 2. The largest absolute Gasteiger partial charge is 0.392 e. The number of aliphatic hydroxyl groups is 1. The van der Waals surface area contributed by atoms with Crippen molar-refractivity contribution in [2.75, 3.05) is 32.7 Å². The van der Waals surface area contributed by atoms with Crippen LogP contribution in [-0.2, 0) is 6.54 Å². The number of aliphatic hydroxyl groups excluding tert-OH is 1. The number of likely N-dealkylation sites (tertiary alicyclic amines) is 1. The number of para-hydroxylation sites is 1. The Kier molecular flexibility index (Phi) is 4.71. The summed E-state index contributed by atoms with van der Waals surface area (Å²) in [7, 11) is 0. The lowest BCUT2D eigenvalue weighted by molar-refractivity contribution is -0.108. The number of rotatable bonds is 3. The average Bonchev–Trinajstić information content (AvgIpc) is 3.18. The maximum Gasteiger partial charge on any atom is 0.255 e. The van der Waals surface area contributed by atoms with E-state index in [0.717, 1.165) is 37.0 Å². The number of β-amino-alcohol motifs (C(OH)–C–C–N with tert-alkyl or cyclic N) is 1. The summed E-state index contributed by atoms with van der Waals surface area (Å²) in [5, 5.41) is 11.5. The van der Waals surface area contributed by atoms with E-state index in [9.17, 15) is 9.90 Å². The van der Waals surface area contributed by atoms with E-state index in [1.54, 1.807) is 18.5 Å². The van der Waals surface area contributed by atoms with Gasteiger partial charge in [-0.1, -0.05) is 18.2 Å². The van der Waals surface area contributed by atoms with Crippen molar-refractivity contribution in [3.05, 3.63) is 72.2 Å². The Morgan fingerprint density at radius 1 is 1.09 bits per heavy atom. The minimum Gasteiger partial charge on any atom is -0.392 e. The summed E-state index contributed by atoms with van der Waals surface area (Å²) in [5.41, 5.74) is 2.76. The Morgan fingerprint density at radius 3 is 2.81 bits per heavy atom. The van der Waals surface area contributed by atoms with Gasteiger partial charge in [0.25, 0.3) is 5.91 Å². The van der Waals surface area contributed by atoms with Crippen LogP contribution >= 0.6 is 0 Å². The van der Waals surface area contributed by atoms with Crippen LogP contribution in [0.4, 0.5) is 0 Å². The topological polar surface area (TPSA) is 72.8 Å². The molecule has 2 unspecified atom stereocenters. The van der Waals surface area contributed by atoms with E-state index >= 15 is 0 Å². The molecule has 0 bridgehead atoms. The van der Waals surface area contributed by atoms with Gasteiger partial charge in [0.2, 0.25) is 0 Å². The van der Waals surface area contributed by atoms with Crippen molar-refractivity contribution in [2.24, 2.45) is 0 Å². The van der Waals surface area contributed by atoms with E-state index in [1.165, 1.54) is 5.56 Å². The molecule has 2 atom stereocenters. The van der Waals surface area contributed by atoms with Gasteiger partial charge in [-0.2, -0.15) is 0 Å². The molecule has 164 valence electrons. The van der Waals surface area contributed by atoms with Gasteiger partial charge in [0, 0.05) is 69.3 Å². The number of hydrogen-bond donors (Lipinski definition) is 1. The molecule has 1 spiro atoms. The maximum absolute atomic E-state index is 13.2. The van der Waals surface area contributed by atoms with Gasteiger partial charge in [0.05, 0.1) is 22.7 Å². The third-order valence-corrected chi connectivity index (χ3v) is 7.20. The number of amides is 1. The molecule has 7 heteroatoms. The number of fused-ring (bicyclic) bond motifs is 3. The second-order valence-corrected chi connectivity index (χ2v) is 9.53. The van der Waals surface area contributed by atoms with Crippen molar-refractivity contribution in [1.82, 2.24) is 24.7 Å². The van der Waals surface area contributed by atoms with Gasteiger partial charge in [-0.25, -0.2) is 0 Å². The van der Waals surface area contributed by atoms with Crippen molar-refractivity contribution >= 4 is 16.8 Å². The van der Waals surface area contributed by atoms with Gasteiger partial charge in [-0.3, -0.25) is 24.6 Å². The third-order valence-electron chi connectivity index (χ3n) is 7.20. The Balaban J connectivity index is 1.20. The van der Waals surface area contributed by atoms with Gasteiger partial charge in [-0.05, 0) is 36.2 Å². The fourth-order valence-electron chi connectivity index (χ4n) is 5.88. The Morgan fingerprint density at radius 2 is 1.97 bits per heavy atom. The van der Waals surface area contributed by atoms with Crippen LogP contribution in [0.3, 0.4) is 0 Å². The van der Waals surface area contributed by atoms with E-state index < -0.39 is 0 Å². The van der Waals surface area contributed by atoms with Gasteiger partial charge in [-0.15, -0.1) is 0 Å². The zero-order chi connectivity index (χ0) is 21.7. The highest BCUT2D eigenvalue weighted by Crippen LogP contribution is 2.39. The molecule has 2 aromatic heterocycles. The molecule has 6 rings (SSSR count). The standard InChI is InChI=1S/C25H27N5O2/c31-22-9-21-13-29(24(32)20-5-3-7-26-11-20)17-25(30(21)14-22)15-28(16-25)12-18-8-19-4-1-2-6-23(19)27-10-18/h1-8,10-11,21-22,31H,9,12-17H2. The number of hydrogen-bond acceptors (Lipinski definition) is 6. The monoisotopic (exact) mass is 429 g/mol. The predicted molar refractivity (Wildman–Crippen MR) is 121 cm³/mol. The first-order valence-corrected chi connectivity index (χ1v) is 11.3. The number of carbonyl (C=O) groups excluding carboxylic acids is 1. The first kappa shape index (κ1) is 19.8. The third kappa shape index (κ3) is 3.37. The van der Waals surface area contributed by atoms with Crippen LogP contribution in [0.1, 0.15) is 22.3 Å². The van der Waals surface area contributed by atoms with E-state index in [0.29, 0.717) is 25.2 Å². The molecule has 0 radical (unpaired) electrons.